The molecule has 0 saturated heterocycles. The number of rotatable bonds is 8. The van der Waals surface area contributed by atoms with E-state index in [1.54, 1.807) is 25.1 Å². The number of hydrogen-bond acceptors (Lipinski definition) is 7. The fourth-order valence-electron chi connectivity index (χ4n) is 2.26. The number of benzene rings is 1. The van der Waals surface area contributed by atoms with Crippen molar-refractivity contribution in [2.75, 3.05) is 17.3 Å². The fraction of sp³-hybridized carbons (Fsp3) is 0.353. The Morgan fingerprint density at radius 2 is 1.92 bits per heavy atom. The first-order valence-corrected chi connectivity index (χ1v) is 8.25. The van der Waals surface area contributed by atoms with Gasteiger partial charge in [-0.25, -0.2) is 9.97 Å². The number of anilines is 2. The van der Waals surface area contributed by atoms with Crippen LogP contribution in [0, 0.1) is 23.0 Å². The van der Waals surface area contributed by atoms with E-state index in [9.17, 15) is 14.9 Å². The van der Waals surface area contributed by atoms with E-state index in [0.717, 1.165) is 12.0 Å². The molecule has 0 radical (unpaired) electrons. The molecule has 1 heterocycles. The maximum atomic E-state index is 12.2. The molecule has 9 nitrogen and oxygen atoms in total. The second-order valence-electron chi connectivity index (χ2n) is 6.18. The first-order valence-electron chi connectivity index (χ1n) is 8.25. The fourth-order valence-corrected chi connectivity index (χ4v) is 2.26. The third kappa shape index (κ3) is 4.88. The van der Waals surface area contributed by atoms with E-state index >= 15 is 0 Å². The Labute approximate surface area is 151 Å². The Hall–Kier alpha value is -3.23. The Bertz CT molecular complexity index is 794. The standard InChI is InChI=1S/C17H22N6O3/c1-11(2)8-9-18-15-14(23(25)26)16(20-10-19-15)21-22-17(24)13-7-5-4-6-12(13)3/h4-7,10-11H,8-9H2,1-3H3,(H,22,24)(H2,18,19,20,21). The highest BCUT2D eigenvalue weighted by Crippen LogP contribution is 2.28. The highest BCUT2D eigenvalue weighted by Gasteiger charge is 2.23. The summed E-state index contributed by atoms with van der Waals surface area (Å²) < 4.78 is 0. The minimum Gasteiger partial charge on any atom is -0.364 e. The van der Waals surface area contributed by atoms with Crippen molar-refractivity contribution in [2.45, 2.75) is 27.2 Å². The molecule has 138 valence electrons. The molecule has 0 unspecified atom stereocenters. The Kier molecular flexibility index (Phi) is 6.42. The number of carbonyl (C=O) groups is 1. The van der Waals surface area contributed by atoms with Gasteiger partial charge >= 0.3 is 5.69 Å². The normalized spacial score (nSPS) is 10.5. The monoisotopic (exact) mass is 358 g/mol. The molecule has 0 aliphatic heterocycles. The van der Waals surface area contributed by atoms with E-state index in [1.165, 1.54) is 6.33 Å². The highest BCUT2D eigenvalue weighted by molar-refractivity contribution is 5.96. The van der Waals surface area contributed by atoms with E-state index in [4.69, 9.17) is 0 Å². The summed E-state index contributed by atoms with van der Waals surface area (Å²) in [5.74, 6) is 0.0667. The van der Waals surface area contributed by atoms with Crippen LogP contribution in [0.4, 0.5) is 17.3 Å². The van der Waals surface area contributed by atoms with Crippen molar-refractivity contribution in [1.29, 1.82) is 0 Å². The van der Waals surface area contributed by atoms with Crippen LogP contribution in [0.25, 0.3) is 0 Å². The van der Waals surface area contributed by atoms with Gasteiger partial charge in [-0.15, -0.1) is 0 Å². The summed E-state index contributed by atoms with van der Waals surface area (Å²) in [7, 11) is 0. The number of nitro groups is 1. The third-order valence-electron chi connectivity index (χ3n) is 3.70. The Morgan fingerprint density at radius 3 is 2.58 bits per heavy atom. The predicted octanol–water partition coefficient (Wildman–Crippen LogP) is 2.91. The van der Waals surface area contributed by atoms with Gasteiger partial charge < -0.3 is 5.32 Å². The van der Waals surface area contributed by atoms with Crippen molar-refractivity contribution in [3.8, 4) is 0 Å². The first-order chi connectivity index (χ1) is 12.4. The minimum absolute atomic E-state index is 0.0843. The van der Waals surface area contributed by atoms with Crippen molar-refractivity contribution in [2.24, 2.45) is 5.92 Å². The van der Waals surface area contributed by atoms with E-state index in [0.29, 0.717) is 18.0 Å². The van der Waals surface area contributed by atoms with Gasteiger partial charge in [-0.1, -0.05) is 32.0 Å². The predicted molar refractivity (Wildman–Crippen MR) is 98.9 cm³/mol. The lowest BCUT2D eigenvalue weighted by Crippen LogP contribution is -2.31. The Balaban J connectivity index is 2.14. The maximum Gasteiger partial charge on any atom is 0.354 e. The number of amides is 1. The molecule has 26 heavy (non-hydrogen) atoms. The smallest absolute Gasteiger partial charge is 0.354 e. The lowest BCUT2D eigenvalue weighted by Gasteiger charge is -2.12. The van der Waals surface area contributed by atoms with Crippen LogP contribution >= 0.6 is 0 Å². The molecular weight excluding hydrogens is 336 g/mol. The quantitative estimate of drug-likeness (QED) is 0.490. The summed E-state index contributed by atoms with van der Waals surface area (Å²) in [4.78, 5) is 30.9. The molecule has 0 spiro atoms. The van der Waals surface area contributed by atoms with Gasteiger partial charge in [-0.2, -0.15) is 0 Å². The van der Waals surface area contributed by atoms with Crippen LogP contribution in [0.3, 0.4) is 0 Å². The van der Waals surface area contributed by atoms with Gasteiger partial charge in [0.2, 0.25) is 11.6 Å². The van der Waals surface area contributed by atoms with Crippen LogP contribution in [0.2, 0.25) is 0 Å². The van der Waals surface area contributed by atoms with Crippen molar-refractivity contribution < 1.29 is 9.72 Å². The number of hydrazine groups is 1. The molecule has 0 fully saturated rings. The second-order valence-corrected chi connectivity index (χ2v) is 6.18. The zero-order valence-electron chi connectivity index (χ0n) is 14.9. The average Bonchev–Trinajstić information content (AvgIpc) is 2.59. The Morgan fingerprint density at radius 1 is 1.23 bits per heavy atom. The molecule has 3 N–H and O–H groups in total. The molecule has 0 bridgehead atoms. The van der Waals surface area contributed by atoms with Gasteiger partial charge in [0, 0.05) is 12.1 Å². The molecule has 1 amide bonds. The zero-order chi connectivity index (χ0) is 19.1. The van der Waals surface area contributed by atoms with E-state index in [-0.39, 0.29) is 17.3 Å². The second kappa shape index (κ2) is 8.75. The molecule has 2 aromatic rings. The molecule has 2 rings (SSSR count). The van der Waals surface area contributed by atoms with Crippen LogP contribution in [0.15, 0.2) is 30.6 Å². The highest BCUT2D eigenvalue weighted by atomic mass is 16.6. The molecule has 0 aliphatic carbocycles. The summed E-state index contributed by atoms with van der Waals surface area (Å²) in [6, 6.07) is 7.04. The molecule has 9 heteroatoms. The van der Waals surface area contributed by atoms with Crippen molar-refractivity contribution in [3.63, 3.8) is 0 Å². The SMILES string of the molecule is Cc1ccccc1C(=O)NNc1ncnc(NCCC(C)C)c1[N+](=O)[O-]. The lowest BCUT2D eigenvalue weighted by molar-refractivity contribution is -0.383. The molecule has 1 aromatic carbocycles. The van der Waals surface area contributed by atoms with Gasteiger partial charge in [0.05, 0.1) is 4.92 Å². The van der Waals surface area contributed by atoms with Gasteiger partial charge in [0.15, 0.2) is 0 Å². The van der Waals surface area contributed by atoms with Crippen LogP contribution in [0.1, 0.15) is 36.2 Å². The van der Waals surface area contributed by atoms with Crippen LogP contribution < -0.4 is 16.2 Å². The summed E-state index contributed by atoms with van der Waals surface area (Å²) in [5, 5.41) is 14.4. The number of nitrogens with one attached hydrogen (secondary N) is 3. The van der Waals surface area contributed by atoms with Crippen molar-refractivity contribution >= 4 is 23.2 Å². The van der Waals surface area contributed by atoms with Crippen molar-refractivity contribution in [3.05, 3.63) is 51.8 Å². The summed E-state index contributed by atoms with van der Waals surface area (Å²) in [6.07, 6.45) is 2.04. The van der Waals surface area contributed by atoms with Crippen molar-refractivity contribution in [1.82, 2.24) is 15.4 Å². The largest absolute Gasteiger partial charge is 0.364 e. The number of carbonyl (C=O) groups excluding carboxylic acids is 1. The molecule has 0 atom stereocenters. The van der Waals surface area contributed by atoms with Gasteiger partial charge in [-0.05, 0) is 30.9 Å². The maximum absolute atomic E-state index is 12.2. The molecule has 0 aliphatic rings. The topological polar surface area (TPSA) is 122 Å². The first kappa shape index (κ1) is 19.1. The van der Waals surface area contributed by atoms with Crippen LogP contribution in [-0.2, 0) is 0 Å². The third-order valence-corrected chi connectivity index (χ3v) is 3.70. The number of aromatic nitrogens is 2. The molecular formula is C17H22N6O3. The van der Waals surface area contributed by atoms with Crippen LogP contribution in [0.5, 0.6) is 0 Å². The number of aryl methyl sites for hydroxylation is 1. The lowest BCUT2D eigenvalue weighted by atomic mass is 10.1. The van der Waals surface area contributed by atoms with E-state index in [1.807, 2.05) is 6.07 Å². The average molecular weight is 358 g/mol. The zero-order valence-corrected chi connectivity index (χ0v) is 14.9. The summed E-state index contributed by atoms with van der Waals surface area (Å²) in [5.41, 5.74) is 5.91. The number of hydrogen-bond donors (Lipinski definition) is 3. The van der Waals surface area contributed by atoms with Gasteiger partial charge in [-0.3, -0.25) is 25.8 Å². The van der Waals surface area contributed by atoms with Gasteiger partial charge in [0.1, 0.15) is 6.33 Å². The van der Waals surface area contributed by atoms with E-state index in [2.05, 4.69) is 40.0 Å². The minimum atomic E-state index is -0.583. The molecule has 1 aromatic heterocycles. The summed E-state index contributed by atoms with van der Waals surface area (Å²) in [6.45, 7) is 6.47. The summed E-state index contributed by atoms with van der Waals surface area (Å²) >= 11 is 0. The van der Waals surface area contributed by atoms with E-state index < -0.39 is 10.8 Å². The number of nitrogens with zero attached hydrogens (tertiary/aromatic N) is 3. The van der Waals surface area contributed by atoms with Gasteiger partial charge in [0.25, 0.3) is 5.91 Å². The molecule has 0 saturated carbocycles. The van der Waals surface area contributed by atoms with Crippen LogP contribution in [-0.4, -0.2) is 27.3 Å².